The maximum Gasteiger partial charge on any atom is 0.00476 e. The summed E-state index contributed by atoms with van der Waals surface area (Å²) in [6, 6.07) is 0.596. The van der Waals surface area contributed by atoms with Crippen molar-refractivity contribution in [3.63, 3.8) is 0 Å². The van der Waals surface area contributed by atoms with Crippen LogP contribution in [-0.2, 0) is 0 Å². The first-order valence-electron chi connectivity index (χ1n) is 8.32. The van der Waals surface area contributed by atoms with Crippen molar-refractivity contribution in [2.24, 2.45) is 17.3 Å². The molecule has 0 aromatic carbocycles. The first-order chi connectivity index (χ1) is 8.86. The van der Waals surface area contributed by atoms with E-state index in [1.165, 1.54) is 38.9 Å². The van der Waals surface area contributed by atoms with Crippen LogP contribution in [0.4, 0.5) is 0 Å². The van der Waals surface area contributed by atoms with Crippen molar-refractivity contribution < 1.29 is 0 Å². The third-order valence-corrected chi connectivity index (χ3v) is 4.65. The Morgan fingerprint density at radius 2 is 1.95 bits per heavy atom. The minimum atomic E-state index is 0.435. The van der Waals surface area contributed by atoms with Gasteiger partial charge in [-0.2, -0.15) is 0 Å². The molecule has 0 saturated carbocycles. The van der Waals surface area contributed by atoms with E-state index in [2.05, 4.69) is 51.8 Å². The molecule has 0 aliphatic carbocycles. The van der Waals surface area contributed by atoms with E-state index in [9.17, 15) is 0 Å². The molecule has 114 valence electrons. The number of hydrogen-bond acceptors (Lipinski definition) is 2. The molecule has 1 heterocycles. The van der Waals surface area contributed by atoms with Gasteiger partial charge in [0.15, 0.2) is 0 Å². The largest absolute Gasteiger partial charge is 0.314 e. The quantitative estimate of drug-likeness (QED) is 0.721. The summed E-state index contributed by atoms with van der Waals surface area (Å²) in [5.74, 6) is 1.76. The molecule has 1 aliphatic heterocycles. The second-order valence-corrected chi connectivity index (χ2v) is 7.62. The van der Waals surface area contributed by atoms with E-state index >= 15 is 0 Å². The van der Waals surface area contributed by atoms with E-state index in [1.54, 1.807) is 0 Å². The minimum absolute atomic E-state index is 0.435. The normalized spacial score (nSPS) is 24.3. The van der Waals surface area contributed by atoms with Crippen LogP contribution in [0.25, 0.3) is 0 Å². The SMILES string of the molecule is CCCC(C)(CNC(C)C)CN1CCC(C(C)C)C1. The van der Waals surface area contributed by atoms with Gasteiger partial charge >= 0.3 is 0 Å². The number of nitrogens with zero attached hydrogens (tertiary/aromatic N) is 1. The van der Waals surface area contributed by atoms with Crippen LogP contribution in [0.5, 0.6) is 0 Å². The van der Waals surface area contributed by atoms with E-state index in [0.717, 1.165) is 18.4 Å². The van der Waals surface area contributed by atoms with Gasteiger partial charge in [-0.3, -0.25) is 0 Å². The molecule has 19 heavy (non-hydrogen) atoms. The summed E-state index contributed by atoms with van der Waals surface area (Å²) in [5.41, 5.74) is 0.435. The Morgan fingerprint density at radius 3 is 2.42 bits per heavy atom. The summed E-state index contributed by atoms with van der Waals surface area (Å²) in [7, 11) is 0. The zero-order valence-electron chi connectivity index (χ0n) is 14.1. The van der Waals surface area contributed by atoms with Crippen LogP contribution in [0.3, 0.4) is 0 Å². The van der Waals surface area contributed by atoms with Gasteiger partial charge < -0.3 is 10.2 Å². The zero-order chi connectivity index (χ0) is 14.5. The van der Waals surface area contributed by atoms with Crippen molar-refractivity contribution in [3.05, 3.63) is 0 Å². The lowest BCUT2D eigenvalue weighted by Crippen LogP contribution is -2.43. The molecule has 1 N–H and O–H groups in total. The molecule has 0 aromatic heterocycles. The van der Waals surface area contributed by atoms with E-state index < -0.39 is 0 Å². The molecule has 1 saturated heterocycles. The van der Waals surface area contributed by atoms with Gasteiger partial charge in [0.25, 0.3) is 0 Å². The summed E-state index contributed by atoms with van der Waals surface area (Å²) in [5, 5.41) is 3.65. The fraction of sp³-hybridized carbons (Fsp3) is 1.00. The Bertz CT molecular complexity index is 250. The van der Waals surface area contributed by atoms with Gasteiger partial charge in [-0.15, -0.1) is 0 Å². The van der Waals surface area contributed by atoms with Crippen LogP contribution in [0.15, 0.2) is 0 Å². The number of hydrogen-bond donors (Lipinski definition) is 1. The van der Waals surface area contributed by atoms with Gasteiger partial charge in [0.1, 0.15) is 0 Å². The predicted octanol–water partition coefficient (Wildman–Crippen LogP) is 3.77. The van der Waals surface area contributed by atoms with Crippen LogP contribution in [0, 0.1) is 17.3 Å². The Labute approximate surface area is 121 Å². The van der Waals surface area contributed by atoms with Crippen LogP contribution < -0.4 is 5.32 Å². The molecule has 2 nitrogen and oxygen atoms in total. The van der Waals surface area contributed by atoms with Crippen LogP contribution in [0.2, 0.25) is 0 Å². The first kappa shape index (κ1) is 17.0. The van der Waals surface area contributed by atoms with Gasteiger partial charge in [0.05, 0.1) is 0 Å². The molecule has 1 fully saturated rings. The molecule has 0 amide bonds. The molecular weight excluding hydrogens is 232 g/mol. The topological polar surface area (TPSA) is 15.3 Å². The summed E-state index contributed by atoms with van der Waals surface area (Å²) in [6.45, 7) is 19.1. The average molecular weight is 268 g/mol. The maximum absolute atomic E-state index is 3.65. The van der Waals surface area contributed by atoms with E-state index in [1.807, 2.05) is 0 Å². The van der Waals surface area contributed by atoms with E-state index in [4.69, 9.17) is 0 Å². The molecule has 2 atom stereocenters. The Morgan fingerprint density at radius 1 is 1.26 bits per heavy atom. The fourth-order valence-electron chi connectivity index (χ4n) is 3.37. The Balaban J connectivity index is 2.49. The Hall–Kier alpha value is -0.0800. The second-order valence-electron chi connectivity index (χ2n) is 7.62. The van der Waals surface area contributed by atoms with Crippen molar-refractivity contribution in [1.29, 1.82) is 0 Å². The van der Waals surface area contributed by atoms with Crippen molar-refractivity contribution in [3.8, 4) is 0 Å². The lowest BCUT2D eigenvalue weighted by molar-refractivity contribution is 0.163. The van der Waals surface area contributed by atoms with Gasteiger partial charge in [-0.1, -0.05) is 48.0 Å². The molecule has 0 aromatic rings. The van der Waals surface area contributed by atoms with E-state index in [-0.39, 0.29) is 0 Å². The molecule has 0 bridgehead atoms. The first-order valence-corrected chi connectivity index (χ1v) is 8.32. The monoisotopic (exact) mass is 268 g/mol. The molecule has 1 rings (SSSR count). The zero-order valence-corrected chi connectivity index (χ0v) is 14.1. The molecule has 0 spiro atoms. The molecule has 1 aliphatic rings. The van der Waals surface area contributed by atoms with Crippen molar-refractivity contribution in [2.45, 2.75) is 66.8 Å². The third-order valence-electron chi connectivity index (χ3n) is 4.65. The minimum Gasteiger partial charge on any atom is -0.314 e. The molecule has 2 heteroatoms. The summed E-state index contributed by atoms with van der Waals surface area (Å²) < 4.78 is 0. The summed E-state index contributed by atoms with van der Waals surface area (Å²) in [4.78, 5) is 2.71. The summed E-state index contributed by atoms with van der Waals surface area (Å²) >= 11 is 0. The predicted molar refractivity (Wildman–Crippen MR) is 85.5 cm³/mol. The Kier molecular flexibility index (Phi) is 6.82. The van der Waals surface area contributed by atoms with Gasteiger partial charge in [0, 0.05) is 25.7 Å². The molecule has 0 radical (unpaired) electrons. The van der Waals surface area contributed by atoms with Crippen molar-refractivity contribution in [2.75, 3.05) is 26.2 Å². The van der Waals surface area contributed by atoms with Gasteiger partial charge in [-0.25, -0.2) is 0 Å². The maximum atomic E-state index is 3.65. The number of likely N-dealkylation sites (tertiary alicyclic amines) is 1. The van der Waals surface area contributed by atoms with Crippen molar-refractivity contribution in [1.82, 2.24) is 10.2 Å². The van der Waals surface area contributed by atoms with Crippen molar-refractivity contribution >= 4 is 0 Å². The second kappa shape index (κ2) is 7.64. The standard InChI is InChI=1S/C17H36N2/c1-7-9-17(6,12-18-15(4)5)13-19-10-8-16(11-19)14(2)3/h14-16,18H,7-13H2,1-6H3. The smallest absolute Gasteiger partial charge is 0.00476 e. The molecule has 2 unspecified atom stereocenters. The highest BCUT2D eigenvalue weighted by molar-refractivity contribution is 4.86. The number of rotatable bonds is 8. The highest BCUT2D eigenvalue weighted by Crippen LogP contribution is 2.29. The third kappa shape index (κ3) is 5.83. The highest BCUT2D eigenvalue weighted by Gasteiger charge is 2.31. The lowest BCUT2D eigenvalue weighted by atomic mass is 9.84. The molecular formula is C17H36N2. The van der Waals surface area contributed by atoms with Gasteiger partial charge in [0.2, 0.25) is 0 Å². The fourth-order valence-corrected chi connectivity index (χ4v) is 3.37. The van der Waals surface area contributed by atoms with Crippen LogP contribution in [0.1, 0.15) is 60.8 Å². The number of nitrogens with one attached hydrogen (secondary N) is 1. The average Bonchev–Trinajstić information content (AvgIpc) is 2.75. The lowest BCUT2D eigenvalue weighted by Gasteiger charge is -2.35. The highest BCUT2D eigenvalue weighted by atomic mass is 15.2. The van der Waals surface area contributed by atoms with Gasteiger partial charge in [-0.05, 0) is 36.6 Å². The summed E-state index contributed by atoms with van der Waals surface area (Å²) in [6.07, 6.45) is 4.02. The van der Waals surface area contributed by atoms with E-state index in [0.29, 0.717) is 11.5 Å². The van der Waals surface area contributed by atoms with Crippen LogP contribution >= 0.6 is 0 Å². The van der Waals surface area contributed by atoms with Crippen LogP contribution in [-0.4, -0.2) is 37.1 Å².